The zero-order valence-electron chi connectivity index (χ0n) is 13.6. The second kappa shape index (κ2) is 9.73. The highest BCUT2D eigenvalue weighted by Crippen LogP contribution is 2.15. The van der Waals surface area contributed by atoms with Gasteiger partial charge in [-0.15, -0.1) is 0 Å². The molecule has 122 valence electrons. The fraction of sp³-hybridized carbons (Fsp3) is 0.867. The topological polar surface area (TPSA) is 53.1 Å². The first-order valence-corrected chi connectivity index (χ1v) is 7.80. The molecule has 6 nitrogen and oxygen atoms in total. The number of hydrogen-bond donors (Lipinski definition) is 0. The summed E-state index contributed by atoms with van der Waals surface area (Å²) < 4.78 is 4.85. The van der Waals surface area contributed by atoms with Crippen molar-refractivity contribution in [2.75, 3.05) is 60.0 Å². The summed E-state index contributed by atoms with van der Waals surface area (Å²) in [5.74, 6) is 0.130. The third kappa shape index (κ3) is 6.91. The van der Waals surface area contributed by atoms with E-state index in [1.54, 1.807) is 11.8 Å². The lowest BCUT2D eigenvalue weighted by molar-refractivity contribution is -0.112. The minimum absolute atomic E-state index is 0.130. The van der Waals surface area contributed by atoms with Crippen LogP contribution in [0.15, 0.2) is 0 Å². The first kappa shape index (κ1) is 17.9. The maximum absolute atomic E-state index is 11.2. The summed E-state index contributed by atoms with van der Waals surface area (Å²) in [5.41, 5.74) is 0. The van der Waals surface area contributed by atoms with Crippen molar-refractivity contribution in [3.05, 3.63) is 0 Å². The molecule has 0 saturated carbocycles. The highest BCUT2D eigenvalue weighted by molar-refractivity contribution is 5.68. The Labute approximate surface area is 128 Å². The van der Waals surface area contributed by atoms with E-state index in [1.165, 1.54) is 26.2 Å². The Morgan fingerprint density at radius 3 is 1.90 bits per heavy atom. The molecular formula is C15H29N3O3. The maximum Gasteiger partial charge on any atom is 0.409 e. The van der Waals surface area contributed by atoms with Gasteiger partial charge in [0, 0.05) is 45.2 Å². The number of carbonyl (C=O) groups excluding carboxylic acids is 2. The van der Waals surface area contributed by atoms with Crippen LogP contribution in [0.25, 0.3) is 0 Å². The number of likely N-dealkylation sites (N-methyl/N-ethyl adjacent to an activating group) is 2. The lowest BCUT2D eigenvalue weighted by atomic mass is 9.99. The molecule has 2 fully saturated rings. The van der Waals surface area contributed by atoms with Crippen molar-refractivity contribution in [3.63, 3.8) is 0 Å². The average Bonchev–Trinajstić information content (AvgIpc) is 2.51. The lowest BCUT2D eigenvalue weighted by Crippen LogP contribution is -2.42. The molecule has 21 heavy (non-hydrogen) atoms. The Bertz CT molecular complexity index is 299. The molecule has 2 heterocycles. The number of hydrogen-bond acceptors (Lipinski definition) is 5. The fourth-order valence-electron chi connectivity index (χ4n) is 2.34. The van der Waals surface area contributed by atoms with Crippen molar-refractivity contribution >= 4 is 12.4 Å². The summed E-state index contributed by atoms with van der Waals surface area (Å²) in [7, 11) is 4.35. The molecule has 0 radical (unpaired) electrons. The number of amides is 1. The Hall–Kier alpha value is -1.14. The largest absolute Gasteiger partial charge is 0.450 e. The quantitative estimate of drug-likeness (QED) is 0.710. The average molecular weight is 299 g/mol. The maximum atomic E-state index is 11.2. The van der Waals surface area contributed by atoms with Gasteiger partial charge in [-0.3, -0.25) is 0 Å². The normalized spacial score (nSPS) is 21.4. The van der Waals surface area contributed by atoms with Crippen LogP contribution in [0.5, 0.6) is 0 Å². The molecule has 0 bridgehead atoms. The minimum atomic E-state index is -0.258. The van der Waals surface area contributed by atoms with Gasteiger partial charge in [-0.2, -0.15) is 0 Å². The molecular weight excluding hydrogens is 270 g/mol. The predicted molar refractivity (Wildman–Crippen MR) is 82.4 cm³/mol. The standard InChI is InChI=1S/C9H15NO3.C6H14N2/c1-2-13-9(12)10-5-3-8(7-11)4-6-10;1-7-3-5-8(2)6-4-7/h7-8H,2-6H2,1H3;3-6H2,1-2H3. The van der Waals surface area contributed by atoms with E-state index in [4.69, 9.17) is 4.74 Å². The number of rotatable bonds is 2. The molecule has 1 amide bonds. The number of ether oxygens (including phenoxy) is 1. The first-order chi connectivity index (χ1) is 10.1. The van der Waals surface area contributed by atoms with Crippen LogP contribution < -0.4 is 0 Å². The minimum Gasteiger partial charge on any atom is -0.450 e. The summed E-state index contributed by atoms with van der Waals surface area (Å²) in [6.07, 6.45) is 2.25. The third-order valence-corrected chi connectivity index (χ3v) is 3.98. The number of likely N-dealkylation sites (tertiary alicyclic amines) is 1. The first-order valence-electron chi connectivity index (χ1n) is 7.80. The van der Waals surface area contributed by atoms with E-state index >= 15 is 0 Å². The van der Waals surface area contributed by atoms with Gasteiger partial charge in [-0.05, 0) is 33.9 Å². The van der Waals surface area contributed by atoms with Gasteiger partial charge in [0.2, 0.25) is 0 Å². The van der Waals surface area contributed by atoms with E-state index in [0.29, 0.717) is 19.7 Å². The monoisotopic (exact) mass is 299 g/mol. The van der Waals surface area contributed by atoms with E-state index in [9.17, 15) is 9.59 Å². The zero-order valence-corrected chi connectivity index (χ0v) is 13.6. The van der Waals surface area contributed by atoms with E-state index in [-0.39, 0.29) is 12.0 Å². The van der Waals surface area contributed by atoms with Crippen molar-refractivity contribution in [1.82, 2.24) is 14.7 Å². The number of nitrogens with zero attached hydrogens (tertiary/aromatic N) is 3. The van der Waals surface area contributed by atoms with Crippen LogP contribution in [0.1, 0.15) is 19.8 Å². The van der Waals surface area contributed by atoms with Crippen molar-refractivity contribution in [2.24, 2.45) is 5.92 Å². The number of aldehydes is 1. The van der Waals surface area contributed by atoms with Gasteiger partial charge in [-0.1, -0.05) is 0 Å². The molecule has 2 saturated heterocycles. The molecule has 0 aliphatic carbocycles. The van der Waals surface area contributed by atoms with Gasteiger partial charge in [0.05, 0.1) is 6.61 Å². The van der Waals surface area contributed by atoms with E-state index < -0.39 is 0 Å². The van der Waals surface area contributed by atoms with Crippen LogP contribution in [0.2, 0.25) is 0 Å². The molecule has 0 atom stereocenters. The summed E-state index contributed by atoms with van der Waals surface area (Å²) in [5, 5.41) is 0. The smallest absolute Gasteiger partial charge is 0.409 e. The SMILES string of the molecule is CCOC(=O)N1CCC(C=O)CC1.CN1CCN(C)CC1. The molecule has 0 unspecified atom stereocenters. The molecule has 0 N–H and O–H groups in total. The summed E-state index contributed by atoms with van der Waals surface area (Å²) in [6.45, 7) is 8.41. The second-order valence-electron chi connectivity index (χ2n) is 5.77. The molecule has 2 rings (SSSR count). The third-order valence-electron chi connectivity index (χ3n) is 3.98. The molecule has 0 spiro atoms. The Balaban J connectivity index is 0.000000235. The van der Waals surface area contributed by atoms with Crippen LogP contribution >= 0.6 is 0 Å². The molecule has 0 aromatic rings. The van der Waals surface area contributed by atoms with Crippen molar-refractivity contribution in [2.45, 2.75) is 19.8 Å². The Kier molecular flexibility index (Phi) is 8.30. The Morgan fingerprint density at radius 1 is 1.05 bits per heavy atom. The van der Waals surface area contributed by atoms with Gasteiger partial charge in [-0.25, -0.2) is 4.79 Å². The van der Waals surface area contributed by atoms with Gasteiger partial charge in [0.15, 0.2) is 0 Å². The van der Waals surface area contributed by atoms with Crippen LogP contribution in [-0.2, 0) is 9.53 Å². The van der Waals surface area contributed by atoms with Crippen LogP contribution in [-0.4, -0.2) is 87.0 Å². The van der Waals surface area contributed by atoms with Crippen molar-refractivity contribution < 1.29 is 14.3 Å². The lowest BCUT2D eigenvalue weighted by Gasteiger charge is -2.28. The molecule has 6 heteroatoms. The van der Waals surface area contributed by atoms with Gasteiger partial charge < -0.3 is 24.2 Å². The molecule has 0 aromatic carbocycles. The van der Waals surface area contributed by atoms with E-state index in [1.807, 2.05) is 0 Å². The zero-order chi connectivity index (χ0) is 15.7. The second-order valence-corrected chi connectivity index (χ2v) is 5.77. The Morgan fingerprint density at radius 2 is 1.52 bits per heavy atom. The van der Waals surface area contributed by atoms with E-state index in [2.05, 4.69) is 23.9 Å². The summed E-state index contributed by atoms with van der Waals surface area (Å²) >= 11 is 0. The molecule has 0 aromatic heterocycles. The summed E-state index contributed by atoms with van der Waals surface area (Å²) in [4.78, 5) is 28.0. The van der Waals surface area contributed by atoms with Gasteiger partial charge in [0.25, 0.3) is 0 Å². The highest BCUT2D eigenvalue weighted by atomic mass is 16.6. The molecule has 2 aliphatic heterocycles. The number of carbonyl (C=O) groups is 2. The molecule has 2 aliphatic rings. The van der Waals surface area contributed by atoms with Gasteiger partial charge >= 0.3 is 6.09 Å². The number of piperazine rings is 1. The predicted octanol–water partition coefficient (Wildman–Crippen LogP) is 0.917. The van der Waals surface area contributed by atoms with Crippen LogP contribution in [0, 0.1) is 5.92 Å². The van der Waals surface area contributed by atoms with Crippen molar-refractivity contribution in [3.8, 4) is 0 Å². The summed E-state index contributed by atoms with van der Waals surface area (Å²) in [6, 6.07) is 0. The van der Waals surface area contributed by atoms with E-state index in [0.717, 1.165) is 19.1 Å². The van der Waals surface area contributed by atoms with Crippen LogP contribution in [0.3, 0.4) is 0 Å². The number of piperidine rings is 1. The van der Waals surface area contributed by atoms with Gasteiger partial charge in [0.1, 0.15) is 6.29 Å². The van der Waals surface area contributed by atoms with Crippen LogP contribution in [0.4, 0.5) is 4.79 Å². The highest BCUT2D eigenvalue weighted by Gasteiger charge is 2.22. The van der Waals surface area contributed by atoms with Crippen molar-refractivity contribution in [1.29, 1.82) is 0 Å². The fourth-order valence-corrected chi connectivity index (χ4v) is 2.34.